The fraction of sp³-hybridized carbons (Fsp3) is 0.316. The van der Waals surface area contributed by atoms with E-state index in [0.717, 1.165) is 23.3 Å². The quantitative estimate of drug-likeness (QED) is 0.628. The van der Waals surface area contributed by atoms with E-state index in [4.69, 9.17) is 4.74 Å². The molecule has 28 heavy (non-hydrogen) atoms. The molecule has 0 bridgehead atoms. The van der Waals surface area contributed by atoms with E-state index in [1.807, 2.05) is 31.2 Å². The summed E-state index contributed by atoms with van der Waals surface area (Å²) in [5.74, 6) is -2.73. The Kier molecular flexibility index (Phi) is 8.04. The van der Waals surface area contributed by atoms with Crippen LogP contribution in [0.3, 0.4) is 0 Å². The molecular formula is C19H22F2N2O4S. The van der Waals surface area contributed by atoms with Crippen LogP contribution in [0.15, 0.2) is 47.4 Å². The van der Waals surface area contributed by atoms with Crippen LogP contribution in [-0.2, 0) is 32.7 Å². The lowest BCUT2D eigenvalue weighted by molar-refractivity contribution is -0.121. The van der Waals surface area contributed by atoms with Crippen molar-refractivity contribution in [1.29, 1.82) is 0 Å². The van der Waals surface area contributed by atoms with Gasteiger partial charge in [0.1, 0.15) is 0 Å². The average molecular weight is 412 g/mol. The lowest BCUT2D eigenvalue weighted by atomic mass is 10.1. The molecule has 0 saturated heterocycles. The normalized spacial score (nSPS) is 11.4. The highest BCUT2D eigenvalue weighted by atomic mass is 32.2. The molecule has 0 spiro atoms. The van der Waals surface area contributed by atoms with Crippen molar-refractivity contribution in [3.05, 3.63) is 65.2 Å². The van der Waals surface area contributed by atoms with E-state index in [1.165, 1.54) is 0 Å². The number of sulfonamides is 1. The monoisotopic (exact) mass is 412 g/mol. The van der Waals surface area contributed by atoms with Crippen LogP contribution in [0.4, 0.5) is 8.78 Å². The minimum Gasteiger partial charge on any atom is -0.377 e. The number of nitrogens with one attached hydrogen (secondary N) is 2. The van der Waals surface area contributed by atoms with Crippen LogP contribution in [0, 0.1) is 11.6 Å². The Morgan fingerprint density at radius 1 is 1.04 bits per heavy atom. The number of carbonyl (C=O) groups excluding carboxylic acids is 1. The molecule has 9 heteroatoms. The number of hydrogen-bond donors (Lipinski definition) is 2. The van der Waals surface area contributed by atoms with Gasteiger partial charge in [-0.3, -0.25) is 4.79 Å². The van der Waals surface area contributed by atoms with Gasteiger partial charge in [-0.1, -0.05) is 24.3 Å². The first-order chi connectivity index (χ1) is 13.3. The van der Waals surface area contributed by atoms with Gasteiger partial charge >= 0.3 is 0 Å². The summed E-state index contributed by atoms with van der Waals surface area (Å²) < 4.78 is 57.6. The molecule has 2 aromatic rings. The van der Waals surface area contributed by atoms with Crippen LogP contribution in [0.2, 0.25) is 0 Å². The molecule has 0 aliphatic rings. The van der Waals surface area contributed by atoms with Crippen molar-refractivity contribution in [2.24, 2.45) is 0 Å². The first-order valence-electron chi connectivity index (χ1n) is 8.69. The number of ether oxygens (including phenoxy) is 1. The molecule has 2 N–H and O–H groups in total. The third-order valence-electron chi connectivity index (χ3n) is 3.83. The van der Waals surface area contributed by atoms with Gasteiger partial charge in [-0.25, -0.2) is 21.9 Å². The Labute approximate surface area is 163 Å². The highest BCUT2D eigenvalue weighted by molar-refractivity contribution is 7.89. The summed E-state index contributed by atoms with van der Waals surface area (Å²) in [5.41, 5.74) is 1.93. The van der Waals surface area contributed by atoms with Gasteiger partial charge in [0.25, 0.3) is 0 Å². The van der Waals surface area contributed by atoms with E-state index in [0.29, 0.717) is 25.8 Å². The molecule has 0 fully saturated rings. The molecule has 0 saturated carbocycles. The van der Waals surface area contributed by atoms with Crippen molar-refractivity contribution in [3.8, 4) is 0 Å². The topological polar surface area (TPSA) is 84.5 Å². The van der Waals surface area contributed by atoms with Gasteiger partial charge < -0.3 is 10.1 Å². The first-order valence-corrected chi connectivity index (χ1v) is 10.2. The minimum atomic E-state index is -4.02. The maximum atomic E-state index is 13.2. The third-order valence-corrected chi connectivity index (χ3v) is 5.29. The largest absolute Gasteiger partial charge is 0.377 e. The molecule has 0 radical (unpaired) electrons. The van der Waals surface area contributed by atoms with Crippen molar-refractivity contribution < 1.29 is 26.7 Å². The standard InChI is InChI=1S/C19H22F2N2O4S/c1-2-27-13-15-5-3-14(4-6-15)12-22-19(24)9-10-23-28(25,26)16-7-8-17(20)18(21)11-16/h3-8,11,23H,2,9-10,12-13H2,1H3,(H,22,24). The predicted octanol–water partition coefficient (Wildman–Crippen LogP) is 2.49. The smallest absolute Gasteiger partial charge is 0.240 e. The molecule has 152 valence electrons. The lowest BCUT2D eigenvalue weighted by Gasteiger charge is -2.09. The predicted molar refractivity (Wildman–Crippen MR) is 99.8 cm³/mol. The Morgan fingerprint density at radius 2 is 1.71 bits per heavy atom. The number of halogens is 2. The fourth-order valence-corrected chi connectivity index (χ4v) is 3.33. The van der Waals surface area contributed by atoms with Gasteiger partial charge in [0.15, 0.2) is 11.6 Å². The highest BCUT2D eigenvalue weighted by Crippen LogP contribution is 2.13. The fourth-order valence-electron chi connectivity index (χ4n) is 2.29. The Bertz CT molecular complexity index is 903. The zero-order valence-electron chi connectivity index (χ0n) is 15.4. The molecule has 0 aromatic heterocycles. The van der Waals surface area contributed by atoms with Crippen molar-refractivity contribution in [2.45, 2.75) is 31.4 Å². The first kappa shape index (κ1) is 21.9. The average Bonchev–Trinajstić information content (AvgIpc) is 2.67. The number of carbonyl (C=O) groups is 1. The minimum absolute atomic E-state index is 0.0919. The zero-order valence-corrected chi connectivity index (χ0v) is 16.2. The van der Waals surface area contributed by atoms with Crippen molar-refractivity contribution in [2.75, 3.05) is 13.2 Å². The zero-order chi connectivity index (χ0) is 20.6. The Morgan fingerprint density at radius 3 is 2.36 bits per heavy atom. The molecule has 0 unspecified atom stereocenters. The summed E-state index contributed by atoms with van der Waals surface area (Å²) >= 11 is 0. The molecule has 0 aliphatic heterocycles. The van der Waals surface area contributed by atoms with E-state index >= 15 is 0 Å². The Hall–Kier alpha value is -2.36. The van der Waals surface area contributed by atoms with Gasteiger partial charge in [0.2, 0.25) is 15.9 Å². The maximum absolute atomic E-state index is 13.2. The van der Waals surface area contributed by atoms with Crippen molar-refractivity contribution >= 4 is 15.9 Å². The van der Waals surface area contributed by atoms with Crippen LogP contribution in [-0.4, -0.2) is 27.5 Å². The molecule has 2 aromatic carbocycles. The number of rotatable bonds is 10. The van der Waals surface area contributed by atoms with Gasteiger partial charge in [0, 0.05) is 26.1 Å². The van der Waals surface area contributed by atoms with Crippen LogP contribution < -0.4 is 10.0 Å². The summed E-state index contributed by atoms with van der Waals surface area (Å²) in [5, 5.41) is 2.69. The maximum Gasteiger partial charge on any atom is 0.240 e. The van der Waals surface area contributed by atoms with Crippen LogP contribution in [0.5, 0.6) is 0 Å². The molecule has 0 atom stereocenters. The van der Waals surface area contributed by atoms with Gasteiger partial charge in [0.05, 0.1) is 11.5 Å². The molecule has 0 aliphatic carbocycles. The summed E-state index contributed by atoms with van der Waals surface area (Å²) in [4.78, 5) is 11.5. The van der Waals surface area contributed by atoms with E-state index in [-0.39, 0.29) is 18.9 Å². The second-order valence-corrected chi connectivity index (χ2v) is 7.72. The number of hydrogen-bond acceptors (Lipinski definition) is 4. The van der Waals surface area contributed by atoms with Crippen LogP contribution >= 0.6 is 0 Å². The van der Waals surface area contributed by atoms with Crippen LogP contribution in [0.1, 0.15) is 24.5 Å². The van der Waals surface area contributed by atoms with Gasteiger partial charge in [-0.2, -0.15) is 0 Å². The Balaban J connectivity index is 1.77. The number of benzene rings is 2. The van der Waals surface area contributed by atoms with Gasteiger partial charge in [-0.15, -0.1) is 0 Å². The molecule has 6 nitrogen and oxygen atoms in total. The highest BCUT2D eigenvalue weighted by Gasteiger charge is 2.16. The second kappa shape index (κ2) is 10.3. The second-order valence-electron chi connectivity index (χ2n) is 5.95. The molecular weight excluding hydrogens is 390 g/mol. The molecule has 0 heterocycles. The third kappa shape index (κ3) is 6.66. The summed E-state index contributed by atoms with van der Waals surface area (Å²) in [6, 6.07) is 9.85. The van der Waals surface area contributed by atoms with E-state index in [1.54, 1.807) is 0 Å². The van der Waals surface area contributed by atoms with E-state index in [2.05, 4.69) is 10.0 Å². The van der Waals surface area contributed by atoms with E-state index < -0.39 is 26.6 Å². The molecule has 1 amide bonds. The van der Waals surface area contributed by atoms with Crippen molar-refractivity contribution in [3.63, 3.8) is 0 Å². The summed E-state index contributed by atoms with van der Waals surface area (Å²) in [6.07, 6.45) is -0.0919. The molecule has 2 rings (SSSR count). The van der Waals surface area contributed by atoms with Crippen LogP contribution in [0.25, 0.3) is 0 Å². The van der Waals surface area contributed by atoms with Gasteiger partial charge in [-0.05, 0) is 36.2 Å². The SMILES string of the molecule is CCOCc1ccc(CNC(=O)CCNS(=O)(=O)c2ccc(F)c(F)c2)cc1. The summed E-state index contributed by atoms with van der Waals surface area (Å²) in [6.45, 7) is 3.23. The number of amides is 1. The lowest BCUT2D eigenvalue weighted by Crippen LogP contribution is -2.30. The summed E-state index contributed by atoms with van der Waals surface area (Å²) in [7, 11) is -4.02. The van der Waals surface area contributed by atoms with E-state index in [9.17, 15) is 22.0 Å². The van der Waals surface area contributed by atoms with Crippen molar-refractivity contribution in [1.82, 2.24) is 10.0 Å².